The van der Waals surface area contributed by atoms with Gasteiger partial charge in [0.15, 0.2) is 0 Å². The third-order valence-corrected chi connectivity index (χ3v) is 1.11. The molecule has 0 amide bonds. The summed E-state index contributed by atoms with van der Waals surface area (Å²) in [7, 11) is 1.72. The summed E-state index contributed by atoms with van der Waals surface area (Å²) in [6, 6.07) is 0. The molecule has 0 aromatic carbocycles. The average molecular weight is 101 g/mol. The van der Waals surface area contributed by atoms with Gasteiger partial charge in [0.05, 0.1) is 13.0 Å². The average Bonchev–Trinajstić information content (AvgIpc) is 1.72. The van der Waals surface area contributed by atoms with Gasteiger partial charge in [-0.2, -0.15) is 0 Å². The Kier molecular flexibility index (Phi) is 3.90. The van der Waals surface area contributed by atoms with Crippen molar-refractivity contribution in [3.8, 4) is 0 Å². The van der Waals surface area contributed by atoms with Gasteiger partial charge >= 0.3 is 0 Å². The molecular weight excluding hydrogens is 88.1 g/mol. The molecular formula is C6H13O+. The maximum Gasteiger partial charge on any atom is 0.111 e. The van der Waals surface area contributed by atoms with Gasteiger partial charge in [0.1, 0.15) is 6.42 Å². The zero-order valence-corrected chi connectivity index (χ0v) is 5.11. The first kappa shape index (κ1) is 6.83. The van der Waals surface area contributed by atoms with Crippen molar-refractivity contribution in [2.45, 2.75) is 25.9 Å². The lowest BCUT2D eigenvalue weighted by Crippen LogP contribution is -2.05. The minimum atomic E-state index is 0.375. The number of methoxy groups -OCH3 is 1. The molecule has 1 nitrogen and oxygen atoms in total. The molecule has 0 N–H and O–H groups in total. The highest BCUT2D eigenvalue weighted by molar-refractivity contribution is 4.53. The zero-order chi connectivity index (χ0) is 5.70. The standard InChI is InChI=1S/C6H13O/c1-4-6(5-2)7-3/h6H,1,4-5H2,2-3H3/q+1. The first-order valence-corrected chi connectivity index (χ1v) is 2.67. The molecule has 7 heavy (non-hydrogen) atoms. The maximum absolute atomic E-state index is 4.99. The van der Waals surface area contributed by atoms with Gasteiger partial charge in [-0.25, -0.2) is 0 Å². The van der Waals surface area contributed by atoms with Gasteiger partial charge in [0, 0.05) is 7.11 Å². The highest BCUT2D eigenvalue weighted by Crippen LogP contribution is 1.98. The summed E-state index contributed by atoms with van der Waals surface area (Å²) in [4.78, 5) is 0. The maximum atomic E-state index is 4.99. The van der Waals surface area contributed by atoms with Crippen LogP contribution >= 0.6 is 0 Å². The number of ether oxygens (including phenoxy) is 1. The van der Waals surface area contributed by atoms with E-state index in [2.05, 4.69) is 13.8 Å². The topological polar surface area (TPSA) is 9.23 Å². The molecule has 1 unspecified atom stereocenters. The Morgan fingerprint density at radius 3 is 2.29 bits per heavy atom. The van der Waals surface area contributed by atoms with E-state index in [1.54, 1.807) is 7.11 Å². The molecule has 0 aromatic rings. The third-order valence-electron chi connectivity index (χ3n) is 1.11. The van der Waals surface area contributed by atoms with E-state index in [0.717, 1.165) is 12.8 Å². The molecule has 0 rings (SSSR count). The Hall–Kier alpha value is -0.170. The Bertz CT molecular complexity index is 25.7. The highest BCUT2D eigenvalue weighted by atomic mass is 16.5. The predicted molar refractivity (Wildman–Crippen MR) is 31.1 cm³/mol. The van der Waals surface area contributed by atoms with E-state index in [-0.39, 0.29) is 0 Å². The van der Waals surface area contributed by atoms with E-state index in [9.17, 15) is 0 Å². The summed E-state index contributed by atoms with van der Waals surface area (Å²) in [6.07, 6.45) is 2.33. The first-order valence-electron chi connectivity index (χ1n) is 2.67. The van der Waals surface area contributed by atoms with Crippen LogP contribution in [0.2, 0.25) is 0 Å². The Morgan fingerprint density at radius 2 is 2.29 bits per heavy atom. The van der Waals surface area contributed by atoms with Crippen molar-refractivity contribution >= 4 is 0 Å². The lowest BCUT2D eigenvalue weighted by atomic mass is 10.2. The first-order chi connectivity index (χ1) is 3.35. The van der Waals surface area contributed by atoms with Crippen molar-refractivity contribution < 1.29 is 4.74 Å². The van der Waals surface area contributed by atoms with Crippen molar-refractivity contribution in [1.82, 2.24) is 0 Å². The molecule has 0 saturated carbocycles. The van der Waals surface area contributed by atoms with Gasteiger partial charge in [-0.15, -0.1) is 0 Å². The smallest absolute Gasteiger partial charge is 0.111 e. The zero-order valence-electron chi connectivity index (χ0n) is 5.11. The van der Waals surface area contributed by atoms with E-state index >= 15 is 0 Å². The summed E-state index contributed by atoms with van der Waals surface area (Å²) in [5, 5.41) is 0. The Morgan fingerprint density at radius 1 is 1.71 bits per heavy atom. The van der Waals surface area contributed by atoms with Crippen LogP contribution in [0.15, 0.2) is 0 Å². The fourth-order valence-electron chi connectivity index (χ4n) is 0.489. The fraction of sp³-hybridized carbons (Fsp3) is 0.833. The molecule has 0 heterocycles. The van der Waals surface area contributed by atoms with Crippen LogP contribution in [-0.4, -0.2) is 13.2 Å². The fourth-order valence-corrected chi connectivity index (χ4v) is 0.489. The molecule has 0 aliphatic carbocycles. The van der Waals surface area contributed by atoms with E-state index in [4.69, 9.17) is 4.74 Å². The van der Waals surface area contributed by atoms with Crippen LogP contribution in [0, 0.1) is 6.92 Å². The molecule has 42 valence electrons. The second kappa shape index (κ2) is 4.00. The second-order valence-corrected chi connectivity index (χ2v) is 1.55. The normalized spacial score (nSPS) is 14.0. The highest BCUT2D eigenvalue weighted by Gasteiger charge is 2.01. The van der Waals surface area contributed by atoms with E-state index in [1.165, 1.54) is 0 Å². The molecule has 1 atom stereocenters. The minimum Gasteiger partial charge on any atom is -0.377 e. The summed E-state index contributed by atoms with van der Waals surface area (Å²) in [5.74, 6) is 0. The molecule has 0 aliphatic rings. The van der Waals surface area contributed by atoms with Gasteiger partial charge in [0.2, 0.25) is 0 Å². The van der Waals surface area contributed by atoms with Gasteiger partial charge in [-0.1, -0.05) is 6.92 Å². The number of rotatable bonds is 3. The van der Waals surface area contributed by atoms with E-state index in [0.29, 0.717) is 6.10 Å². The third kappa shape index (κ3) is 2.52. The molecule has 0 aliphatic heterocycles. The molecule has 0 spiro atoms. The van der Waals surface area contributed by atoms with Crippen LogP contribution in [0.3, 0.4) is 0 Å². The van der Waals surface area contributed by atoms with Crippen LogP contribution < -0.4 is 0 Å². The molecule has 0 radical (unpaired) electrons. The molecule has 0 fully saturated rings. The minimum absolute atomic E-state index is 0.375. The van der Waals surface area contributed by atoms with Gasteiger partial charge in [-0.05, 0) is 6.42 Å². The van der Waals surface area contributed by atoms with Gasteiger partial charge in [-0.3, -0.25) is 0 Å². The van der Waals surface area contributed by atoms with Crippen molar-refractivity contribution in [2.24, 2.45) is 0 Å². The molecule has 0 bridgehead atoms. The van der Waals surface area contributed by atoms with Crippen LogP contribution in [-0.2, 0) is 4.74 Å². The van der Waals surface area contributed by atoms with E-state index in [1.807, 2.05) is 0 Å². The lowest BCUT2D eigenvalue weighted by molar-refractivity contribution is 0.101. The Balaban J connectivity index is 2.99. The van der Waals surface area contributed by atoms with Crippen molar-refractivity contribution in [3.05, 3.63) is 6.92 Å². The largest absolute Gasteiger partial charge is 0.377 e. The van der Waals surface area contributed by atoms with Crippen LogP contribution in [0.5, 0.6) is 0 Å². The summed E-state index contributed by atoms with van der Waals surface area (Å²) in [5.41, 5.74) is 0. The SMILES string of the molecule is [CH2+]CC(CC)OC. The summed E-state index contributed by atoms with van der Waals surface area (Å²) in [6.45, 7) is 5.80. The summed E-state index contributed by atoms with van der Waals surface area (Å²) >= 11 is 0. The molecule has 0 saturated heterocycles. The van der Waals surface area contributed by atoms with Crippen molar-refractivity contribution in [3.63, 3.8) is 0 Å². The van der Waals surface area contributed by atoms with Gasteiger partial charge < -0.3 is 4.74 Å². The van der Waals surface area contributed by atoms with Crippen molar-refractivity contribution in [2.75, 3.05) is 7.11 Å². The second-order valence-electron chi connectivity index (χ2n) is 1.55. The predicted octanol–water partition coefficient (Wildman–Crippen LogP) is 1.64. The van der Waals surface area contributed by atoms with Crippen molar-refractivity contribution in [1.29, 1.82) is 0 Å². The van der Waals surface area contributed by atoms with Gasteiger partial charge in [0.25, 0.3) is 0 Å². The number of hydrogen-bond acceptors (Lipinski definition) is 1. The molecule has 1 heteroatoms. The van der Waals surface area contributed by atoms with Crippen LogP contribution in [0.4, 0.5) is 0 Å². The van der Waals surface area contributed by atoms with Crippen LogP contribution in [0.25, 0.3) is 0 Å². The van der Waals surface area contributed by atoms with E-state index < -0.39 is 0 Å². The number of hydrogen-bond donors (Lipinski definition) is 0. The quantitative estimate of drug-likeness (QED) is 0.491. The molecule has 0 aromatic heterocycles. The monoisotopic (exact) mass is 101 g/mol. The van der Waals surface area contributed by atoms with Crippen LogP contribution in [0.1, 0.15) is 19.8 Å². The lowest BCUT2D eigenvalue weighted by Gasteiger charge is -2.03. The summed E-state index contributed by atoms with van der Waals surface area (Å²) < 4.78 is 4.99. The Labute approximate surface area is 45.7 Å².